The lowest BCUT2D eigenvalue weighted by Gasteiger charge is -2.32. The van der Waals surface area contributed by atoms with E-state index in [1.165, 1.54) is 61.0 Å². The van der Waals surface area contributed by atoms with Gasteiger partial charge in [-0.15, -0.1) is 0 Å². The van der Waals surface area contributed by atoms with E-state index in [0.717, 1.165) is 78.0 Å². The van der Waals surface area contributed by atoms with Crippen LogP contribution in [0.25, 0.3) is 88.3 Å². The molecular weight excluding hydrogens is 897 g/mol. The molecule has 12 aromatic carbocycles. The number of furan rings is 1. The van der Waals surface area contributed by atoms with Crippen LogP contribution in [0.5, 0.6) is 0 Å². The van der Waals surface area contributed by atoms with Gasteiger partial charge >= 0.3 is 0 Å². The second-order valence-corrected chi connectivity index (χ2v) is 19.6. The predicted octanol–water partition coefficient (Wildman–Crippen LogP) is 19.3. The molecule has 0 fully saturated rings. The average molecular weight is 943 g/mol. The van der Waals surface area contributed by atoms with E-state index >= 15 is 0 Å². The van der Waals surface area contributed by atoms with Crippen LogP contribution in [0.3, 0.4) is 0 Å². The number of para-hydroxylation sites is 1. The zero-order chi connectivity index (χ0) is 48.7. The van der Waals surface area contributed by atoms with Crippen molar-refractivity contribution in [2.75, 3.05) is 10.2 Å². The molecule has 0 saturated carbocycles. The highest BCUT2D eigenvalue weighted by Crippen LogP contribution is 2.63. The molecule has 2 aliphatic carbocycles. The van der Waals surface area contributed by atoms with Gasteiger partial charge in [0.15, 0.2) is 0 Å². The Kier molecular flexibility index (Phi) is 9.48. The summed E-state index contributed by atoms with van der Waals surface area (Å²) in [5, 5.41) is 8.30. The zero-order valence-corrected chi connectivity index (χ0v) is 40.3. The third kappa shape index (κ3) is 6.46. The summed E-state index contributed by atoms with van der Waals surface area (Å²) in [7, 11) is 0. The fraction of sp³-hybridized carbons (Fsp3) is 0.0141. The van der Waals surface area contributed by atoms with Crippen LogP contribution >= 0.6 is 0 Å². The van der Waals surface area contributed by atoms with Gasteiger partial charge in [0.05, 0.1) is 5.41 Å². The second-order valence-electron chi connectivity index (χ2n) is 19.6. The number of rotatable bonds is 8. The molecule has 1 N–H and O–H groups in total. The number of nitrogens with one attached hydrogen (secondary N) is 1. The molecular formula is C71H46N2O. The van der Waals surface area contributed by atoms with Crippen LogP contribution in [0.2, 0.25) is 0 Å². The molecule has 0 atom stereocenters. The third-order valence-electron chi connectivity index (χ3n) is 15.7. The summed E-state index contributed by atoms with van der Waals surface area (Å²) in [5.74, 6) is 0. The molecule has 0 aliphatic heterocycles. The normalized spacial score (nSPS) is 12.7. The molecule has 0 amide bonds. The highest BCUT2D eigenvalue weighted by molar-refractivity contribution is 6.15. The Morgan fingerprint density at radius 1 is 0.311 bits per heavy atom. The molecule has 0 unspecified atom stereocenters. The molecule has 1 aromatic heterocycles. The maximum atomic E-state index is 6.51. The maximum absolute atomic E-state index is 6.51. The maximum Gasteiger partial charge on any atom is 0.143 e. The van der Waals surface area contributed by atoms with Crippen molar-refractivity contribution >= 4 is 61.1 Å². The van der Waals surface area contributed by atoms with Gasteiger partial charge in [0.25, 0.3) is 0 Å². The SMILES string of the molecule is c1ccc(-c2ccccc2Nc2cccc(-c3ccc(N(c4ccc(-c5ccc6oc7c8ccccc8ccc7c6c5)cc4)c4ccc5c(c4)C4(c6ccccc6-c6ccccc64)c4ccccc4-5)cc3)c2)cc1. The summed E-state index contributed by atoms with van der Waals surface area (Å²) >= 11 is 0. The first-order chi connectivity index (χ1) is 36.7. The fourth-order valence-electron chi connectivity index (χ4n) is 12.4. The van der Waals surface area contributed by atoms with E-state index in [9.17, 15) is 0 Å². The Balaban J connectivity index is 0.844. The lowest BCUT2D eigenvalue weighted by atomic mass is 9.70. The first-order valence-corrected chi connectivity index (χ1v) is 25.5. The monoisotopic (exact) mass is 942 g/mol. The van der Waals surface area contributed by atoms with E-state index in [0.29, 0.717) is 0 Å². The van der Waals surface area contributed by atoms with Crippen molar-refractivity contribution in [3.63, 3.8) is 0 Å². The van der Waals surface area contributed by atoms with Crippen molar-refractivity contribution in [1.82, 2.24) is 0 Å². The summed E-state index contributed by atoms with van der Waals surface area (Å²) < 4.78 is 6.51. The first-order valence-electron chi connectivity index (χ1n) is 25.5. The summed E-state index contributed by atoms with van der Waals surface area (Å²) in [6.07, 6.45) is 0. The van der Waals surface area contributed by atoms with Crippen molar-refractivity contribution in [2.24, 2.45) is 0 Å². The minimum Gasteiger partial charge on any atom is -0.455 e. The fourth-order valence-corrected chi connectivity index (χ4v) is 12.4. The Morgan fingerprint density at radius 2 is 0.851 bits per heavy atom. The molecule has 346 valence electrons. The topological polar surface area (TPSA) is 28.4 Å². The van der Waals surface area contributed by atoms with Crippen molar-refractivity contribution in [1.29, 1.82) is 0 Å². The van der Waals surface area contributed by atoms with Crippen LogP contribution in [0.1, 0.15) is 22.3 Å². The standard InChI is InChI=1S/C71H46N2O/c1-2-15-48(16-3-1)56-20-9-13-28-68(56)72-52-19-14-18-50(43-52)46-29-35-53(36-30-46)73(54-37-31-47(32-38-54)51-34-42-69-63(44-51)62-40-33-49-17-4-5-21-57(49)70(62)74-69)55-39-41-61-60-24-8-12-27-66(60)71(67(61)45-55)64-25-10-6-22-58(64)59-23-7-11-26-65(59)71/h1-45,72H. The molecule has 1 heterocycles. The van der Waals surface area contributed by atoms with E-state index in [1.807, 2.05) is 0 Å². The number of nitrogens with zero attached hydrogens (tertiary/aromatic N) is 1. The van der Waals surface area contributed by atoms with Crippen LogP contribution < -0.4 is 10.2 Å². The smallest absolute Gasteiger partial charge is 0.143 e. The molecule has 1 spiro atoms. The molecule has 3 nitrogen and oxygen atoms in total. The van der Waals surface area contributed by atoms with Gasteiger partial charge in [0.1, 0.15) is 11.2 Å². The number of fused-ring (bicyclic) bond motifs is 15. The number of hydrogen-bond acceptors (Lipinski definition) is 3. The number of anilines is 5. The van der Waals surface area contributed by atoms with Gasteiger partial charge in [-0.25, -0.2) is 0 Å². The third-order valence-corrected chi connectivity index (χ3v) is 15.7. The van der Waals surface area contributed by atoms with Crippen molar-refractivity contribution in [3.05, 3.63) is 295 Å². The first kappa shape index (κ1) is 42.0. The van der Waals surface area contributed by atoms with E-state index in [1.54, 1.807) is 0 Å². The van der Waals surface area contributed by atoms with Crippen molar-refractivity contribution in [2.45, 2.75) is 5.41 Å². The van der Waals surface area contributed by atoms with Gasteiger partial charge < -0.3 is 14.6 Å². The Bertz CT molecular complexity index is 4280. The van der Waals surface area contributed by atoms with Crippen LogP contribution in [0.4, 0.5) is 28.4 Å². The van der Waals surface area contributed by atoms with Gasteiger partial charge in [0, 0.05) is 50.2 Å². The number of hydrogen-bond donors (Lipinski definition) is 1. The van der Waals surface area contributed by atoms with Crippen molar-refractivity contribution < 1.29 is 4.42 Å². The van der Waals surface area contributed by atoms with Crippen LogP contribution in [-0.2, 0) is 5.41 Å². The second kappa shape index (κ2) is 16.7. The van der Waals surface area contributed by atoms with Gasteiger partial charge in [-0.05, 0) is 151 Å². The predicted molar refractivity (Wildman–Crippen MR) is 308 cm³/mol. The quantitative estimate of drug-likeness (QED) is 0.165. The lowest BCUT2D eigenvalue weighted by molar-refractivity contribution is 0.672. The van der Waals surface area contributed by atoms with Gasteiger partial charge in [0.2, 0.25) is 0 Å². The average Bonchev–Trinajstić information content (AvgIpc) is 4.13. The van der Waals surface area contributed by atoms with Crippen molar-refractivity contribution in [3.8, 4) is 55.6 Å². The minimum absolute atomic E-state index is 0.461. The molecule has 0 bridgehead atoms. The van der Waals surface area contributed by atoms with Crippen LogP contribution in [0, 0.1) is 0 Å². The van der Waals surface area contributed by atoms with Crippen LogP contribution in [0.15, 0.2) is 277 Å². The van der Waals surface area contributed by atoms with Gasteiger partial charge in [-0.3, -0.25) is 0 Å². The summed E-state index contributed by atoms with van der Waals surface area (Å²) in [6, 6.07) is 99.6. The molecule has 74 heavy (non-hydrogen) atoms. The molecule has 0 radical (unpaired) electrons. The zero-order valence-electron chi connectivity index (χ0n) is 40.3. The van der Waals surface area contributed by atoms with E-state index in [4.69, 9.17) is 4.42 Å². The van der Waals surface area contributed by atoms with E-state index in [2.05, 4.69) is 283 Å². The van der Waals surface area contributed by atoms with Gasteiger partial charge in [-0.2, -0.15) is 0 Å². The minimum atomic E-state index is -0.461. The van der Waals surface area contributed by atoms with Gasteiger partial charge in [-0.1, -0.05) is 200 Å². The molecule has 13 aromatic rings. The number of benzene rings is 12. The van der Waals surface area contributed by atoms with E-state index < -0.39 is 5.41 Å². The Morgan fingerprint density at radius 3 is 1.54 bits per heavy atom. The molecule has 3 heteroatoms. The summed E-state index contributed by atoms with van der Waals surface area (Å²) in [6.45, 7) is 0. The Labute approximate surface area is 429 Å². The molecule has 15 rings (SSSR count). The molecule has 0 saturated heterocycles. The highest BCUT2D eigenvalue weighted by Gasteiger charge is 2.51. The highest BCUT2D eigenvalue weighted by atomic mass is 16.3. The van der Waals surface area contributed by atoms with E-state index in [-0.39, 0.29) is 0 Å². The summed E-state index contributed by atoms with van der Waals surface area (Å²) in [4.78, 5) is 2.42. The van der Waals surface area contributed by atoms with Crippen LogP contribution in [-0.4, -0.2) is 0 Å². The largest absolute Gasteiger partial charge is 0.455 e. The Hall–Kier alpha value is -9.70. The summed E-state index contributed by atoms with van der Waals surface area (Å²) in [5.41, 5.74) is 24.1. The molecule has 2 aliphatic rings. The lowest BCUT2D eigenvalue weighted by Crippen LogP contribution is -2.26.